The van der Waals surface area contributed by atoms with Crippen molar-refractivity contribution in [3.8, 4) is 0 Å². The lowest BCUT2D eigenvalue weighted by atomic mass is 10.1. The van der Waals surface area contributed by atoms with E-state index >= 15 is 0 Å². The molecule has 0 spiro atoms. The lowest BCUT2D eigenvalue weighted by Crippen LogP contribution is -2.30. The third-order valence-electron chi connectivity index (χ3n) is 2.80. The molecule has 1 amide bonds. The molecule has 20 heavy (non-hydrogen) atoms. The van der Waals surface area contributed by atoms with E-state index in [1.165, 1.54) is 12.1 Å². The number of rotatable bonds is 7. The van der Waals surface area contributed by atoms with E-state index in [0.29, 0.717) is 13.2 Å². The second kappa shape index (κ2) is 7.44. The van der Waals surface area contributed by atoms with Gasteiger partial charge in [0.1, 0.15) is 5.69 Å². The summed E-state index contributed by atoms with van der Waals surface area (Å²) in [4.78, 5) is 22.5. The van der Waals surface area contributed by atoms with E-state index in [4.69, 9.17) is 4.74 Å². The average molecular weight is 281 g/mol. The quantitative estimate of drug-likeness (QED) is 0.585. The Morgan fingerprint density at radius 1 is 1.50 bits per heavy atom. The molecule has 110 valence electrons. The van der Waals surface area contributed by atoms with Gasteiger partial charge in [-0.05, 0) is 12.0 Å². The van der Waals surface area contributed by atoms with E-state index in [1.54, 1.807) is 20.2 Å². The molecule has 1 rings (SSSR count). The fourth-order valence-electron chi connectivity index (χ4n) is 1.85. The summed E-state index contributed by atoms with van der Waals surface area (Å²) in [6.07, 6.45) is 0. The van der Waals surface area contributed by atoms with E-state index in [2.05, 4.69) is 10.6 Å². The second-order valence-electron chi connectivity index (χ2n) is 4.48. The Labute approximate surface area is 117 Å². The molecule has 0 aliphatic heterocycles. The summed E-state index contributed by atoms with van der Waals surface area (Å²) >= 11 is 0. The minimum Gasteiger partial charge on any atom is -0.384 e. The summed E-state index contributed by atoms with van der Waals surface area (Å²) in [5.41, 5.74) is 0.353. The molecule has 0 radical (unpaired) electrons. The van der Waals surface area contributed by atoms with Crippen molar-refractivity contribution in [2.24, 2.45) is 5.92 Å². The van der Waals surface area contributed by atoms with Gasteiger partial charge in [-0.2, -0.15) is 0 Å². The van der Waals surface area contributed by atoms with Crippen LogP contribution < -0.4 is 10.6 Å². The molecule has 0 saturated carbocycles. The Morgan fingerprint density at radius 3 is 2.75 bits per heavy atom. The molecule has 0 aliphatic carbocycles. The zero-order valence-electron chi connectivity index (χ0n) is 11.8. The summed E-state index contributed by atoms with van der Waals surface area (Å²) in [6.45, 7) is 2.92. The molecule has 0 aliphatic rings. The molecule has 0 heterocycles. The maximum atomic E-state index is 12.1. The van der Waals surface area contributed by atoms with E-state index in [9.17, 15) is 14.9 Å². The largest absolute Gasteiger partial charge is 0.384 e. The number of nitro benzene ring substituents is 1. The van der Waals surface area contributed by atoms with Crippen molar-refractivity contribution in [1.29, 1.82) is 0 Å². The Morgan fingerprint density at radius 2 is 2.20 bits per heavy atom. The highest BCUT2D eigenvalue weighted by atomic mass is 16.6. The van der Waals surface area contributed by atoms with Gasteiger partial charge in [0, 0.05) is 26.8 Å². The molecule has 0 aromatic heterocycles. The molecule has 1 atom stereocenters. The molecule has 7 heteroatoms. The van der Waals surface area contributed by atoms with Crippen LogP contribution in [-0.4, -0.2) is 38.1 Å². The van der Waals surface area contributed by atoms with Gasteiger partial charge in [0.05, 0.1) is 17.1 Å². The Kier molecular flexibility index (Phi) is 5.92. The van der Waals surface area contributed by atoms with Crippen molar-refractivity contribution in [2.75, 3.05) is 32.6 Å². The minimum absolute atomic E-state index is 0.120. The number of hydrogen-bond donors (Lipinski definition) is 2. The Bertz CT molecular complexity index is 491. The monoisotopic (exact) mass is 281 g/mol. The van der Waals surface area contributed by atoms with Gasteiger partial charge >= 0.3 is 0 Å². The summed E-state index contributed by atoms with van der Waals surface area (Å²) in [5, 5.41) is 16.4. The molecule has 0 bridgehead atoms. The lowest BCUT2D eigenvalue weighted by Gasteiger charge is -2.13. The van der Waals surface area contributed by atoms with Gasteiger partial charge in [-0.15, -0.1) is 0 Å². The van der Waals surface area contributed by atoms with E-state index in [-0.39, 0.29) is 28.8 Å². The fraction of sp³-hybridized carbons (Fsp3) is 0.462. The van der Waals surface area contributed by atoms with Gasteiger partial charge in [-0.1, -0.05) is 13.0 Å². The van der Waals surface area contributed by atoms with Crippen LogP contribution in [0, 0.1) is 16.0 Å². The first-order valence-electron chi connectivity index (χ1n) is 6.23. The predicted octanol–water partition coefficient (Wildman–Crippen LogP) is 1.65. The molecule has 1 aromatic carbocycles. The summed E-state index contributed by atoms with van der Waals surface area (Å²) in [5.74, 6) is -0.179. The topological polar surface area (TPSA) is 93.5 Å². The molecule has 0 saturated heterocycles. The number of nitrogens with one attached hydrogen (secondary N) is 2. The number of anilines is 1. The highest BCUT2D eigenvalue weighted by Gasteiger charge is 2.20. The van der Waals surface area contributed by atoms with Gasteiger partial charge < -0.3 is 15.4 Å². The molecule has 7 nitrogen and oxygen atoms in total. The summed E-state index contributed by atoms with van der Waals surface area (Å²) in [6, 6.07) is 4.40. The van der Waals surface area contributed by atoms with Gasteiger partial charge in [0.25, 0.3) is 11.6 Å². The van der Waals surface area contributed by atoms with Gasteiger partial charge in [-0.25, -0.2) is 0 Å². The Balaban J connectivity index is 2.87. The normalized spacial score (nSPS) is 11.8. The minimum atomic E-state index is -0.518. The van der Waals surface area contributed by atoms with Gasteiger partial charge in [0.2, 0.25) is 0 Å². The number of ether oxygens (including phenoxy) is 1. The average Bonchev–Trinajstić information content (AvgIpc) is 2.44. The van der Waals surface area contributed by atoms with Crippen molar-refractivity contribution in [3.05, 3.63) is 33.9 Å². The smallest absolute Gasteiger partial charge is 0.293 e. The standard InChI is InChI=1S/C13H19N3O4/c1-9(8-20-3)7-15-13(17)10-5-4-6-11(16(18)19)12(10)14-2/h4-6,9,14H,7-8H2,1-3H3,(H,15,17). The van der Waals surface area contributed by atoms with Crippen molar-refractivity contribution in [2.45, 2.75) is 6.92 Å². The molecule has 1 unspecified atom stereocenters. The summed E-state index contributed by atoms with van der Waals surface area (Å²) in [7, 11) is 3.14. The van der Waals surface area contributed by atoms with E-state index in [1.807, 2.05) is 6.92 Å². The second-order valence-corrected chi connectivity index (χ2v) is 4.48. The number of benzene rings is 1. The third kappa shape index (κ3) is 3.92. The number of hydrogen-bond acceptors (Lipinski definition) is 5. The number of nitrogens with zero attached hydrogens (tertiary/aromatic N) is 1. The molecular formula is C13H19N3O4. The van der Waals surface area contributed by atoms with Gasteiger partial charge in [0.15, 0.2) is 0 Å². The summed E-state index contributed by atoms with van der Waals surface area (Å²) < 4.78 is 4.98. The lowest BCUT2D eigenvalue weighted by molar-refractivity contribution is -0.384. The van der Waals surface area contributed by atoms with E-state index in [0.717, 1.165) is 0 Å². The van der Waals surface area contributed by atoms with Crippen molar-refractivity contribution in [3.63, 3.8) is 0 Å². The Hall–Kier alpha value is -2.15. The molecular weight excluding hydrogens is 262 g/mol. The van der Waals surface area contributed by atoms with Crippen LogP contribution >= 0.6 is 0 Å². The number of carbonyl (C=O) groups excluding carboxylic acids is 1. The first kappa shape index (κ1) is 15.9. The van der Waals surface area contributed by atoms with Crippen LogP contribution in [-0.2, 0) is 4.74 Å². The number of nitro groups is 1. The zero-order valence-corrected chi connectivity index (χ0v) is 11.8. The highest BCUT2D eigenvalue weighted by Crippen LogP contribution is 2.27. The number of methoxy groups -OCH3 is 1. The van der Waals surface area contributed by atoms with Crippen molar-refractivity contribution in [1.82, 2.24) is 5.32 Å². The van der Waals surface area contributed by atoms with E-state index < -0.39 is 4.92 Å². The number of amides is 1. The van der Waals surface area contributed by atoms with Crippen LogP contribution in [0.2, 0.25) is 0 Å². The highest BCUT2D eigenvalue weighted by molar-refractivity contribution is 6.01. The third-order valence-corrected chi connectivity index (χ3v) is 2.80. The first-order valence-corrected chi connectivity index (χ1v) is 6.23. The van der Waals surface area contributed by atoms with Crippen LogP contribution in [0.25, 0.3) is 0 Å². The van der Waals surface area contributed by atoms with Crippen molar-refractivity contribution < 1.29 is 14.5 Å². The maximum Gasteiger partial charge on any atom is 0.293 e. The van der Waals surface area contributed by atoms with Crippen LogP contribution in [0.15, 0.2) is 18.2 Å². The molecule has 1 aromatic rings. The van der Waals surface area contributed by atoms with Crippen LogP contribution in [0.3, 0.4) is 0 Å². The SMILES string of the molecule is CNc1c(C(=O)NCC(C)COC)cccc1[N+](=O)[O-]. The van der Waals surface area contributed by atoms with Crippen molar-refractivity contribution >= 4 is 17.3 Å². The van der Waals surface area contributed by atoms with Crippen LogP contribution in [0.5, 0.6) is 0 Å². The predicted molar refractivity (Wildman–Crippen MR) is 76.0 cm³/mol. The number of carbonyl (C=O) groups is 1. The number of para-hydroxylation sites is 1. The maximum absolute atomic E-state index is 12.1. The fourth-order valence-corrected chi connectivity index (χ4v) is 1.85. The van der Waals surface area contributed by atoms with Gasteiger partial charge in [-0.3, -0.25) is 14.9 Å². The first-order chi connectivity index (χ1) is 9.51. The van der Waals surface area contributed by atoms with Crippen LogP contribution in [0.4, 0.5) is 11.4 Å². The molecule has 2 N–H and O–H groups in total. The van der Waals surface area contributed by atoms with Crippen LogP contribution in [0.1, 0.15) is 17.3 Å². The zero-order chi connectivity index (χ0) is 15.1. The molecule has 0 fully saturated rings.